The third-order valence-electron chi connectivity index (χ3n) is 3.92. The van der Waals surface area contributed by atoms with Crippen LogP contribution in [-0.4, -0.2) is 19.8 Å². The summed E-state index contributed by atoms with van der Waals surface area (Å²) in [6.45, 7) is 8.45. The zero-order valence-electron chi connectivity index (χ0n) is 14.3. The van der Waals surface area contributed by atoms with Gasteiger partial charge in [-0.1, -0.05) is 44.2 Å². The van der Waals surface area contributed by atoms with Crippen LogP contribution in [0.15, 0.2) is 48.5 Å². The standard InChI is InChI=1S/C20H27NO2/c1-4-16(3)17-10-6-8-12-19(17)23-15-14-21-18-11-7-9-13-20(18)22-5-2/h6-13,16,21H,4-5,14-15H2,1-3H3. The van der Waals surface area contributed by atoms with Gasteiger partial charge in [0.1, 0.15) is 18.1 Å². The van der Waals surface area contributed by atoms with E-state index in [-0.39, 0.29) is 0 Å². The van der Waals surface area contributed by atoms with Crippen molar-refractivity contribution in [3.8, 4) is 11.5 Å². The summed E-state index contributed by atoms with van der Waals surface area (Å²) in [6.07, 6.45) is 1.11. The summed E-state index contributed by atoms with van der Waals surface area (Å²) >= 11 is 0. The average Bonchev–Trinajstić information content (AvgIpc) is 2.60. The Balaban J connectivity index is 1.89. The highest BCUT2D eigenvalue weighted by atomic mass is 16.5. The molecule has 1 unspecified atom stereocenters. The van der Waals surface area contributed by atoms with E-state index in [0.29, 0.717) is 19.1 Å². The van der Waals surface area contributed by atoms with Crippen LogP contribution in [-0.2, 0) is 0 Å². The van der Waals surface area contributed by atoms with Gasteiger partial charge in [-0.15, -0.1) is 0 Å². The molecule has 0 aliphatic rings. The van der Waals surface area contributed by atoms with E-state index in [1.165, 1.54) is 5.56 Å². The van der Waals surface area contributed by atoms with Crippen LogP contribution in [0.4, 0.5) is 5.69 Å². The molecule has 1 N–H and O–H groups in total. The molecule has 0 fully saturated rings. The first kappa shape index (κ1) is 17.2. The maximum absolute atomic E-state index is 5.98. The Morgan fingerprint density at radius 3 is 2.35 bits per heavy atom. The molecule has 0 aromatic heterocycles. The topological polar surface area (TPSA) is 30.5 Å². The zero-order valence-corrected chi connectivity index (χ0v) is 14.3. The summed E-state index contributed by atoms with van der Waals surface area (Å²) in [4.78, 5) is 0. The maximum atomic E-state index is 5.98. The van der Waals surface area contributed by atoms with E-state index in [0.717, 1.165) is 30.2 Å². The largest absolute Gasteiger partial charge is 0.492 e. The lowest BCUT2D eigenvalue weighted by Gasteiger charge is -2.16. The van der Waals surface area contributed by atoms with Gasteiger partial charge >= 0.3 is 0 Å². The fourth-order valence-corrected chi connectivity index (χ4v) is 2.48. The van der Waals surface area contributed by atoms with E-state index < -0.39 is 0 Å². The summed E-state index contributed by atoms with van der Waals surface area (Å²) in [5.74, 6) is 2.38. The van der Waals surface area contributed by atoms with Crippen LogP contribution >= 0.6 is 0 Å². The molecule has 124 valence electrons. The molecule has 0 saturated heterocycles. The number of hydrogen-bond acceptors (Lipinski definition) is 3. The second kappa shape index (κ2) is 9.09. The molecule has 2 aromatic rings. The molecule has 0 heterocycles. The Kier molecular flexibility index (Phi) is 6.79. The smallest absolute Gasteiger partial charge is 0.142 e. The highest BCUT2D eigenvalue weighted by Gasteiger charge is 2.09. The van der Waals surface area contributed by atoms with Gasteiger partial charge in [-0.05, 0) is 43.0 Å². The van der Waals surface area contributed by atoms with Crippen molar-refractivity contribution in [2.24, 2.45) is 0 Å². The molecule has 3 nitrogen and oxygen atoms in total. The van der Waals surface area contributed by atoms with Gasteiger partial charge in [0.25, 0.3) is 0 Å². The van der Waals surface area contributed by atoms with Crippen LogP contribution in [0, 0.1) is 0 Å². The number of hydrogen-bond donors (Lipinski definition) is 1. The highest BCUT2D eigenvalue weighted by Crippen LogP contribution is 2.28. The van der Waals surface area contributed by atoms with E-state index in [1.807, 2.05) is 37.3 Å². The molecule has 0 radical (unpaired) electrons. The molecule has 0 aliphatic carbocycles. The van der Waals surface area contributed by atoms with Crippen LogP contribution in [0.3, 0.4) is 0 Å². The number of para-hydroxylation sites is 3. The molecular formula is C20H27NO2. The second-order valence-corrected chi connectivity index (χ2v) is 5.55. The summed E-state index contributed by atoms with van der Waals surface area (Å²) in [6, 6.07) is 16.3. The van der Waals surface area contributed by atoms with Gasteiger partial charge < -0.3 is 14.8 Å². The van der Waals surface area contributed by atoms with Crippen LogP contribution in [0.2, 0.25) is 0 Å². The second-order valence-electron chi connectivity index (χ2n) is 5.55. The molecule has 0 aliphatic heterocycles. The lowest BCUT2D eigenvalue weighted by atomic mass is 9.98. The molecule has 0 spiro atoms. The summed E-state index contributed by atoms with van der Waals surface area (Å²) in [5.41, 5.74) is 2.29. The number of benzene rings is 2. The Hall–Kier alpha value is -2.16. The third kappa shape index (κ3) is 4.92. The van der Waals surface area contributed by atoms with E-state index in [1.54, 1.807) is 0 Å². The first-order valence-corrected chi connectivity index (χ1v) is 8.43. The fraction of sp³-hybridized carbons (Fsp3) is 0.400. The molecule has 2 aromatic carbocycles. The predicted molar refractivity (Wildman–Crippen MR) is 96.7 cm³/mol. The van der Waals surface area contributed by atoms with Crippen LogP contribution in [0.25, 0.3) is 0 Å². The average molecular weight is 313 g/mol. The first-order valence-electron chi connectivity index (χ1n) is 8.43. The van der Waals surface area contributed by atoms with Crippen molar-refractivity contribution < 1.29 is 9.47 Å². The monoisotopic (exact) mass is 313 g/mol. The molecule has 0 amide bonds. The zero-order chi connectivity index (χ0) is 16.5. The Morgan fingerprint density at radius 2 is 1.61 bits per heavy atom. The van der Waals surface area contributed by atoms with Crippen molar-refractivity contribution in [3.63, 3.8) is 0 Å². The van der Waals surface area contributed by atoms with Crippen LogP contribution < -0.4 is 14.8 Å². The van der Waals surface area contributed by atoms with Crippen molar-refractivity contribution >= 4 is 5.69 Å². The van der Waals surface area contributed by atoms with Gasteiger partial charge in [-0.25, -0.2) is 0 Å². The summed E-state index contributed by atoms with van der Waals surface area (Å²) < 4.78 is 11.6. The Bertz CT molecular complexity index is 598. The Morgan fingerprint density at radius 1 is 0.913 bits per heavy atom. The third-order valence-corrected chi connectivity index (χ3v) is 3.92. The predicted octanol–water partition coefficient (Wildman–Crippen LogP) is 5.09. The van der Waals surface area contributed by atoms with Gasteiger partial charge in [-0.2, -0.15) is 0 Å². The molecule has 3 heteroatoms. The molecule has 1 atom stereocenters. The quantitative estimate of drug-likeness (QED) is 0.654. The normalized spacial score (nSPS) is 11.8. The minimum absolute atomic E-state index is 0.512. The summed E-state index contributed by atoms with van der Waals surface area (Å²) in [7, 11) is 0. The Labute approximate surface area is 139 Å². The van der Waals surface area contributed by atoms with E-state index in [9.17, 15) is 0 Å². The van der Waals surface area contributed by atoms with Crippen molar-refractivity contribution in [1.82, 2.24) is 0 Å². The lowest BCUT2D eigenvalue weighted by Crippen LogP contribution is -2.13. The number of rotatable bonds is 9. The van der Waals surface area contributed by atoms with E-state index in [4.69, 9.17) is 9.47 Å². The first-order chi connectivity index (χ1) is 11.3. The molecule has 0 bridgehead atoms. The highest BCUT2D eigenvalue weighted by molar-refractivity contribution is 5.56. The van der Waals surface area contributed by atoms with Gasteiger partial charge in [0, 0.05) is 6.54 Å². The molecular weight excluding hydrogens is 286 g/mol. The maximum Gasteiger partial charge on any atom is 0.142 e. The molecule has 0 saturated carbocycles. The number of anilines is 1. The SMILES string of the molecule is CCOc1ccccc1NCCOc1ccccc1C(C)CC. The van der Waals surface area contributed by atoms with Gasteiger partial charge in [0.05, 0.1) is 12.3 Å². The van der Waals surface area contributed by atoms with Crippen molar-refractivity contribution in [2.75, 3.05) is 25.1 Å². The minimum Gasteiger partial charge on any atom is -0.492 e. The van der Waals surface area contributed by atoms with Crippen molar-refractivity contribution in [1.29, 1.82) is 0 Å². The number of ether oxygens (including phenoxy) is 2. The van der Waals surface area contributed by atoms with Gasteiger partial charge in [0.15, 0.2) is 0 Å². The van der Waals surface area contributed by atoms with Gasteiger partial charge in [0.2, 0.25) is 0 Å². The van der Waals surface area contributed by atoms with Crippen molar-refractivity contribution in [3.05, 3.63) is 54.1 Å². The van der Waals surface area contributed by atoms with Crippen molar-refractivity contribution in [2.45, 2.75) is 33.1 Å². The summed E-state index contributed by atoms with van der Waals surface area (Å²) in [5, 5.41) is 3.38. The number of nitrogens with one attached hydrogen (secondary N) is 1. The molecule has 23 heavy (non-hydrogen) atoms. The van der Waals surface area contributed by atoms with E-state index in [2.05, 4.69) is 37.4 Å². The van der Waals surface area contributed by atoms with Crippen LogP contribution in [0.1, 0.15) is 38.7 Å². The minimum atomic E-state index is 0.512. The lowest BCUT2D eigenvalue weighted by molar-refractivity contribution is 0.325. The van der Waals surface area contributed by atoms with Gasteiger partial charge in [-0.3, -0.25) is 0 Å². The van der Waals surface area contributed by atoms with Crippen LogP contribution in [0.5, 0.6) is 11.5 Å². The van der Waals surface area contributed by atoms with E-state index >= 15 is 0 Å². The molecule has 2 rings (SSSR count). The fourth-order valence-electron chi connectivity index (χ4n) is 2.48.